The zero-order valence-electron chi connectivity index (χ0n) is 9.63. The lowest BCUT2D eigenvalue weighted by atomic mass is 9.99. The van der Waals surface area contributed by atoms with E-state index in [1.165, 1.54) is 0 Å². The molecular formula is C12H13ClN2O2. The van der Waals surface area contributed by atoms with E-state index < -0.39 is 0 Å². The smallest absolute Gasteiger partial charge is 0.253 e. The van der Waals surface area contributed by atoms with Gasteiger partial charge in [0.15, 0.2) is 0 Å². The highest BCUT2D eigenvalue weighted by Gasteiger charge is 2.22. The van der Waals surface area contributed by atoms with Crippen molar-refractivity contribution >= 4 is 29.1 Å². The topological polar surface area (TPSA) is 58.2 Å². The Hall–Kier alpha value is -1.55. The van der Waals surface area contributed by atoms with Gasteiger partial charge >= 0.3 is 0 Å². The molecule has 1 aromatic carbocycles. The van der Waals surface area contributed by atoms with Crippen LogP contribution in [0, 0.1) is 0 Å². The Labute approximate surface area is 104 Å². The van der Waals surface area contributed by atoms with E-state index >= 15 is 0 Å². The van der Waals surface area contributed by atoms with Crippen LogP contribution in [0.2, 0.25) is 5.02 Å². The molecule has 1 heterocycles. The largest absolute Gasteiger partial charge is 0.343 e. The number of fused-ring (bicyclic) bond motifs is 1. The fourth-order valence-electron chi connectivity index (χ4n) is 1.71. The van der Waals surface area contributed by atoms with Crippen LogP contribution in [0.5, 0.6) is 0 Å². The molecule has 1 aliphatic heterocycles. The van der Waals surface area contributed by atoms with Gasteiger partial charge in [-0.25, -0.2) is 0 Å². The number of amides is 2. The maximum absolute atomic E-state index is 11.8. The third kappa shape index (κ3) is 2.26. The summed E-state index contributed by atoms with van der Waals surface area (Å²) in [7, 11) is 0. The predicted molar refractivity (Wildman–Crippen MR) is 66.5 cm³/mol. The van der Waals surface area contributed by atoms with Crippen molar-refractivity contribution in [3.05, 3.63) is 28.3 Å². The molecule has 0 saturated carbocycles. The molecule has 2 rings (SSSR count). The monoisotopic (exact) mass is 252 g/mol. The predicted octanol–water partition coefficient (Wildman–Crippen LogP) is 2.15. The van der Waals surface area contributed by atoms with Crippen LogP contribution in [-0.4, -0.2) is 18.4 Å². The van der Waals surface area contributed by atoms with Gasteiger partial charge in [0.1, 0.15) is 0 Å². The number of anilines is 1. The molecular weight excluding hydrogens is 240 g/mol. The van der Waals surface area contributed by atoms with E-state index in [0.717, 1.165) is 5.56 Å². The van der Waals surface area contributed by atoms with Crippen LogP contribution in [0.25, 0.3) is 0 Å². The lowest BCUT2D eigenvalue weighted by Gasteiger charge is -2.12. The van der Waals surface area contributed by atoms with E-state index in [1.807, 2.05) is 13.8 Å². The van der Waals surface area contributed by atoms with Gasteiger partial charge in [-0.1, -0.05) is 25.4 Å². The first kappa shape index (κ1) is 11.9. The first-order valence-corrected chi connectivity index (χ1v) is 5.78. The van der Waals surface area contributed by atoms with E-state index in [9.17, 15) is 9.59 Å². The quantitative estimate of drug-likeness (QED) is 0.805. The van der Waals surface area contributed by atoms with Crippen LogP contribution in [-0.2, 0) is 4.79 Å². The fourth-order valence-corrected chi connectivity index (χ4v) is 1.98. The maximum Gasteiger partial charge on any atom is 0.253 e. The number of benzene rings is 1. The normalized spacial score (nSPS) is 15.1. The lowest BCUT2D eigenvalue weighted by molar-refractivity contribution is -0.115. The van der Waals surface area contributed by atoms with Crippen molar-refractivity contribution in [2.75, 3.05) is 11.9 Å². The summed E-state index contributed by atoms with van der Waals surface area (Å²) < 4.78 is 0. The average molecular weight is 253 g/mol. The van der Waals surface area contributed by atoms with Gasteiger partial charge in [-0.2, -0.15) is 0 Å². The van der Waals surface area contributed by atoms with Crippen molar-refractivity contribution in [3.8, 4) is 0 Å². The Kier molecular flexibility index (Phi) is 3.07. The van der Waals surface area contributed by atoms with E-state index in [-0.39, 0.29) is 24.3 Å². The van der Waals surface area contributed by atoms with Gasteiger partial charge in [0, 0.05) is 0 Å². The van der Waals surface area contributed by atoms with Crippen molar-refractivity contribution in [2.24, 2.45) is 0 Å². The zero-order valence-corrected chi connectivity index (χ0v) is 10.4. The van der Waals surface area contributed by atoms with E-state index in [1.54, 1.807) is 12.1 Å². The van der Waals surface area contributed by atoms with Gasteiger partial charge in [0.05, 0.1) is 22.8 Å². The second-order valence-electron chi connectivity index (χ2n) is 4.31. The van der Waals surface area contributed by atoms with E-state index in [0.29, 0.717) is 16.3 Å². The van der Waals surface area contributed by atoms with Crippen molar-refractivity contribution in [1.29, 1.82) is 0 Å². The summed E-state index contributed by atoms with van der Waals surface area (Å²) in [5.41, 5.74) is 1.79. The SMILES string of the molecule is CC(C)c1cc(Cl)c2c(c1)C(=O)NCC(=O)N2. The molecule has 90 valence electrons. The minimum Gasteiger partial charge on any atom is -0.343 e. The Morgan fingerprint density at radius 2 is 2.00 bits per heavy atom. The zero-order chi connectivity index (χ0) is 12.6. The number of halogens is 1. The molecule has 0 unspecified atom stereocenters. The third-order valence-electron chi connectivity index (χ3n) is 2.70. The van der Waals surface area contributed by atoms with Gasteiger partial charge in [-0.05, 0) is 23.6 Å². The van der Waals surface area contributed by atoms with Gasteiger partial charge in [0.25, 0.3) is 5.91 Å². The van der Waals surface area contributed by atoms with Crippen LogP contribution in [0.1, 0.15) is 35.7 Å². The summed E-state index contributed by atoms with van der Waals surface area (Å²) in [6, 6.07) is 3.55. The summed E-state index contributed by atoms with van der Waals surface area (Å²) in [5, 5.41) is 5.57. The van der Waals surface area contributed by atoms with Crippen molar-refractivity contribution in [1.82, 2.24) is 5.32 Å². The molecule has 0 spiro atoms. The van der Waals surface area contributed by atoms with E-state index in [4.69, 9.17) is 11.6 Å². The van der Waals surface area contributed by atoms with Crippen molar-refractivity contribution in [2.45, 2.75) is 19.8 Å². The number of hydrogen-bond donors (Lipinski definition) is 2. The minimum atomic E-state index is -0.275. The van der Waals surface area contributed by atoms with Gasteiger partial charge in [-0.15, -0.1) is 0 Å². The first-order chi connectivity index (χ1) is 7.99. The number of carbonyl (C=O) groups is 2. The maximum atomic E-state index is 11.8. The first-order valence-electron chi connectivity index (χ1n) is 5.40. The molecule has 5 heteroatoms. The summed E-state index contributed by atoms with van der Waals surface area (Å²) >= 11 is 6.10. The number of hydrogen-bond acceptors (Lipinski definition) is 2. The molecule has 2 amide bonds. The summed E-state index contributed by atoms with van der Waals surface area (Å²) in [6.07, 6.45) is 0. The highest BCUT2D eigenvalue weighted by Crippen LogP contribution is 2.31. The van der Waals surface area contributed by atoms with Crippen LogP contribution >= 0.6 is 11.6 Å². The molecule has 2 N–H and O–H groups in total. The number of nitrogens with one attached hydrogen (secondary N) is 2. The molecule has 0 radical (unpaired) electrons. The van der Waals surface area contributed by atoms with Crippen molar-refractivity contribution < 1.29 is 9.59 Å². The molecule has 0 fully saturated rings. The molecule has 0 atom stereocenters. The average Bonchev–Trinajstić information content (AvgIpc) is 2.40. The second-order valence-corrected chi connectivity index (χ2v) is 4.72. The summed E-state index contributed by atoms with van der Waals surface area (Å²) in [6.45, 7) is 4.01. The summed E-state index contributed by atoms with van der Waals surface area (Å²) in [4.78, 5) is 23.2. The van der Waals surface area contributed by atoms with Gasteiger partial charge in [-0.3, -0.25) is 9.59 Å². The highest BCUT2D eigenvalue weighted by molar-refractivity contribution is 6.35. The molecule has 0 bridgehead atoms. The molecule has 0 aromatic heterocycles. The van der Waals surface area contributed by atoms with Crippen LogP contribution in [0.3, 0.4) is 0 Å². The lowest BCUT2D eigenvalue weighted by Crippen LogP contribution is -2.28. The molecule has 4 nitrogen and oxygen atoms in total. The van der Waals surface area contributed by atoms with Gasteiger partial charge < -0.3 is 10.6 Å². The second kappa shape index (κ2) is 4.37. The minimum absolute atomic E-state index is 0.0269. The van der Waals surface area contributed by atoms with Crippen LogP contribution in [0.4, 0.5) is 5.69 Å². The van der Waals surface area contributed by atoms with Gasteiger partial charge in [0.2, 0.25) is 5.91 Å². The molecule has 17 heavy (non-hydrogen) atoms. The summed E-state index contributed by atoms with van der Waals surface area (Å²) in [5.74, 6) is -0.274. The highest BCUT2D eigenvalue weighted by atomic mass is 35.5. The Morgan fingerprint density at radius 1 is 1.29 bits per heavy atom. The fraction of sp³-hybridized carbons (Fsp3) is 0.333. The van der Waals surface area contributed by atoms with E-state index in [2.05, 4.69) is 10.6 Å². The van der Waals surface area contributed by atoms with Crippen LogP contribution in [0.15, 0.2) is 12.1 Å². The standard InChI is InChI=1S/C12H13ClN2O2/c1-6(2)7-3-8-11(9(13)4-7)15-10(16)5-14-12(8)17/h3-4,6H,5H2,1-2H3,(H,14,17)(H,15,16). The number of rotatable bonds is 1. The molecule has 1 aliphatic rings. The van der Waals surface area contributed by atoms with Crippen molar-refractivity contribution in [3.63, 3.8) is 0 Å². The Bertz CT molecular complexity index is 498. The molecule has 0 aliphatic carbocycles. The third-order valence-corrected chi connectivity index (χ3v) is 3.00. The molecule has 1 aromatic rings. The Morgan fingerprint density at radius 3 is 2.65 bits per heavy atom. The Balaban J connectivity index is 2.59. The molecule has 0 saturated heterocycles. The number of carbonyl (C=O) groups excluding carboxylic acids is 2. The van der Waals surface area contributed by atoms with Crippen LogP contribution < -0.4 is 10.6 Å².